The number of carboxylic acid groups (broad SMARTS) is 1. The first-order chi connectivity index (χ1) is 6.81. The van der Waals surface area contributed by atoms with E-state index in [1.165, 1.54) is 7.05 Å². The number of carbonyl (C=O) groups is 1. The molecule has 0 aliphatic heterocycles. The van der Waals surface area contributed by atoms with E-state index in [9.17, 15) is 13.2 Å². The number of hydrogen-bond acceptors (Lipinski definition) is 4. The Labute approximate surface area is 89.6 Å². The number of hydrogen-bond donors (Lipinski definition) is 2. The molecule has 0 aliphatic rings. The Bertz CT molecular complexity index is 300. The molecule has 1 atom stereocenters. The van der Waals surface area contributed by atoms with Crippen LogP contribution in [0.4, 0.5) is 0 Å². The fraction of sp³-hybridized carbons (Fsp3) is 0.875. The van der Waals surface area contributed by atoms with Crippen molar-refractivity contribution in [1.29, 1.82) is 0 Å². The minimum absolute atomic E-state index is 0.0835. The van der Waals surface area contributed by atoms with Crippen molar-refractivity contribution in [3.8, 4) is 0 Å². The first-order valence-electron chi connectivity index (χ1n) is 4.59. The minimum atomic E-state index is -3.46. The van der Waals surface area contributed by atoms with Gasteiger partial charge in [0, 0.05) is 19.5 Å². The van der Waals surface area contributed by atoms with E-state index >= 15 is 0 Å². The second kappa shape index (κ2) is 6.04. The number of sulfonamides is 1. The highest BCUT2D eigenvalue weighted by atomic mass is 32.2. The van der Waals surface area contributed by atoms with Gasteiger partial charge in [-0.25, -0.2) is 8.42 Å². The molecule has 6 nitrogen and oxygen atoms in total. The standard InChI is InChI=1S/C8H17NO5S/c1-7(6-10)9(2)15(13,14)5-3-4-8(11)12/h7,10H,3-6H2,1-2H3,(H,11,12). The Kier molecular flexibility index (Phi) is 5.77. The molecule has 0 bridgehead atoms. The Balaban J connectivity index is 4.24. The fourth-order valence-electron chi connectivity index (χ4n) is 0.939. The SMILES string of the molecule is CC(CO)N(C)S(=O)(=O)CCCC(=O)O. The van der Waals surface area contributed by atoms with Crippen LogP contribution < -0.4 is 0 Å². The van der Waals surface area contributed by atoms with Crippen LogP contribution in [0.3, 0.4) is 0 Å². The molecular weight excluding hydrogens is 222 g/mol. The highest BCUT2D eigenvalue weighted by Gasteiger charge is 2.22. The molecule has 1 unspecified atom stereocenters. The van der Waals surface area contributed by atoms with Crippen molar-refractivity contribution < 1.29 is 23.4 Å². The first-order valence-corrected chi connectivity index (χ1v) is 6.20. The lowest BCUT2D eigenvalue weighted by atomic mass is 10.3. The summed E-state index contributed by atoms with van der Waals surface area (Å²) in [4.78, 5) is 10.2. The van der Waals surface area contributed by atoms with Gasteiger partial charge in [-0.1, -0.05) is 0 Å². The molecule has 7 heteroatoms. The number of nitrogens with zero attached hydrogens (tertiary/aromatic N) is 1. The van der Waals surface area contributed by atoms with Gasteiger partial charge in [0.15, 0.2) is 0 Å². The summed E-state index contributed by atoms with van der Waals surface area (Å²) in [6.07, 6.45) is -0.0826. The predicted molar refractivity (Wildman–Crippen MR) is 55.0 cm³/mol. The van der Waals surface area contributed by atoms with Crippen molar-refractivity contribution in [3.63, 3.8) is 0 Å². The number of carboxylic acids is 1. The van der Waals surface area contributed by atoms with Crippen molar-refractivity contribution in [2.45, 2.75) is 25.8 Å². The lowest BCUT2D eigenvalue weighted by Gasteiger charge is -2.22. The van der Waals surface area contributed by atoms with Crippen molar-refractivity contribution in [2.75, 3.05) is 19.4 Å². The second-order valence-electron chi connectivity index (χ2n) is 3.36. The summed E-state index contributed by atoms with van der Waals surface area (Å²) >= 11 is 0. The highest BCUT2D eigenvalue weighted by Crippen LogP contribution is 2.06. The number of aliphatic carboxylic acids is 1. The van der Waals surface area contributed by atoms with Gasteiger partial charge in [0.1, 0.15) is 0 Å². The zero-order valence-electron chi connectivity index (χ0n) is 8.88. The number of rotatable bonds is 7. The lowest BCUT2D eigenvalue weighted by Crippen LogP contribution is -2.38. The summed E-state index contributed by atoms with van der Waals surface area (Å²) < 4.78 is 24.1. The van der Waals surface area contributed by atoms with E-state index in [1.54, 1.807) is 6.92 Å². The van der Waals surface area contributed by atoms with E-state index in [0.29, 0.717) is 0 Å². The quantitative estimate of drug-likeness (QED) is 0.624. The predicted octanol–water partition coefficient (Wildman–Crippen LogP) is -0.506. The second-order valence-corrected chi connectivity index (χ2v) is 5.51. The molecule has 0 radical (unpaired) electrons. The Morgan fingerprint density at radius 3 is 2.40 bits per heavy atom. The molecule has 0 aliphatic carbocycles. The maximum atomic E-state index is 11.5. The topological polar surface area (TPSA) is 94.9 Å². The van der Waals surface area contributed by atoms with Gasteiger partial charge in [-0.2, -0.15) is 4.31 Å². The third-order valence-electron chi connectivity index (χ3n) is 2.12. The maximum Gasteiger partial charge on any atom is 0.303 e. The van der Waals surface area contributed by atoms with E-state index in [4.69, 9.17) is 10.2 Å². The summed E-state index contributed by atoms with van der Waals surface area (Å²) in [5, 5.41) is 17.1. The smallest absolute Gasteiger partial charge is 0.303 e. The zero-order chi connectivity index (χ0) is 12.1. The lowest BCUT2D eigenvalue weighted by molar-refractivity contribution is -0.137. The van der Waals surface area contributed by atoms with Crippen LogP contribution in [0, 0.1) is 0 Å². The third kappa shape index (κ3) is 5.10. The third-order valence-corrected chi connectivity index (χ3v) is 4.16. The molecule has 0 saturated carbocycles. The van der Waals surface area contributed by atoms with E-state index < -0.39 is 22.0 Å². The molecule has 90 valence electrons. The monoisotopic (exact) mass is 239 g/mol. The molecule has 0 aromatic heterocycles. The van der Waals surface area contributed by atoms with E-state index in [-0.39, 0.29) is 25.2 Å². The normalized spacial score (nSPS) is 14.1. The summed E-state index contributed by atoms with van der Waals surface area (Å²) in [5.41, 5.74) is 0. The van der Waals surface area contributed by atoms with Crippen molar-refractivity contribution in [3.05, 3.63) is 0 Å². The van der Waals surface area contributed by atoms with Crippen LogP contribution in [0.25, 0.3) is 0 Å². The molecule has 0 aromatic carbocycles. The fourth-order valence-corrected chi connectivity index (χ4v) is 2.35. The van der Waals surface area contributed by atoms with Gasteiger partial charge in [-0.05, 0) is 13.3 Å². The largest absolute Gasteiger partial charge is 0.481 e. The molecule has 0 saturated heterocycles. The van der Waals surface area contributed by atoms with Gasteiger partial charge in [-0.3, -0.25) is 4.79 Å². The van der Waals surface area contributed by atoms with E-state index in [0.717, 1.165) is 4.31 Å². The molecule has 0 heterocycles. The zero-order valence-corrected chi connectivity index (χ0v) is 9.70. The Hall–Kier alpha value is -0.660. The van der Waals surface area contributed by atoms with Gasteiger partial charge < -0.3 is 10.2 Å². The molecule has 0 amide bonds. The number of likely N-dealkylation sites (N-methyl/N-ethyl adjacent to an activating group) is 1. The van der Waals surface area contributed by atoms with Crippen LogP contribution in [-0.4, -0.2) is 54.4 Å². The molecule has 2 N–H and O–H groups in total. The van der Waals surface area contributed by atoms with Crippen LogP contribution in [-0.2, 0) is 14.8 Å². The molecule has 0 fully saturated rings. The number of aliphatic hydroxyl groups excluding tert-OH is 1. The highest BCUT2D eigenvalue weighted by molar-refractivity contribution is 7.89. The van der Waals surface area contributed by atoms with Gasteiger partial charge in [-0.15, -0.1) is 0 Å². The van der Waals surface area contributed by atoms with Crippen molar-refractivity contribution >= 4 is 16.0 Å². The summed E-state index contributed by atoms with van der Waals surface area (Å²) in [6.45, 7) is 1.32. The average molecular weight is 239 g/mol. The Morgan fingerprint density at radius 1 is 1.47 bits per heavy atom. The van der Waals surface area contributed by atoms with E-state index in [2.05, 4.69) is 0 Å². The van der Waals surface area contributed by atoms with Gasteiger partial charge >= 0.3 is 5.97 Å². The maximum absolute atomic E-state index is 11.5. The van der Waals surface area contributed by atoms with Crippen LogP contribution in [0.1, 0.15) is 19.8 Å². The molecular formula is C8H17NO5S. The van der Waals surface area contributed by atoms with Crippen LogP contribution in [0.2, 0.25) is 0 Å². The van der Waals surface area contributed by atoms with Gasteiger partial charge in [0.25, 0.3) is 0 Å². The summed E-state index contributed by atoms with van der Waals surface area (Å²) in [6, 6.07) is -0.486. The summed E-state index contributed by atoms with van der Waals surface area (Å²) in [7, 11) is -2.09. The van der Waals surface area contributed by atoms with Gasteiger partial charge in [0.05, 0.1) is 12.4 Å². The van der Waals surface area contributed by atoms with Crippen LogP contribution in [0.15, 0.2) is 0 Å². The number of aliphatic hydroxyl groups is 1. The Morgan fingerprint density at radius 2 is 2.00 bits per heavy atom. The van der Waals surface area contributed by atoms with Crippen LogP contribution in [0.5, 0.6) is 0 Å². The molecule has 0 aromatic rings. The molecule has 15 heavy (non-hydrogen) atoms. The summed E-state index contributed by atoms with van der Waals surface area (Å²) in [5.74, 6) is -1.22. The minimum Gasteiger partial charge on any atom is -0.481 e. The molecule has 0 spiro atoms. The molecule has 0 rings (SSSR count). The first kappa shape index (κ1) is 14.3. The van der Waals surface area contributed by atoms with Crippen molar-refractivity contribution in [2.24, 2.45) is 0 Å². The average Bonchev–Trinajstić information content (AvgIpc) is 2.14. The van der Waals surface area contributed by atoms with Crippen LogP contribution >= 0.6 is 0 Å². The van der Waals surface area contributed by atoms with Gasteiger partial charge in [0.2, 0.25) is 10.0 Å². The van der Waals surface area contributed by atoms with Crippen molar-refractivity contribution in [1.82, 2.24) is 4.31 Å². The van der Waals surface area contributed by atoms with E-state index in [1.807, 2.05) is 0 Å².